The fourth-order valence-electron chi connectivity index (χ4n) is 1.94. The van der Waals surface area contributed by atoms with Crippen LogP contribution in [0.1, 0.15) is 24.1 Å². The van der Waals surface area contributed by atoms with Gasteiger partial charge in [0.25, 0.3) is 0 Å². The van der Waals surface area contributed by atoms with E-state index in [1.165, 1.54) is 0 Å². The molecule has 0 aliphatic rings. The lowest BCUT2D eigenvalue weighted by Gasteiger charge is -2.25. The van der Waals surface area contributed by atoms with Gasteiger partial charge in [-0.25, -0.2) is 4.79 Å². The minimum atomic E-state index is -0.0924. The number of hydrogen-bond acceptors (Lipinski definition) is 2. The highest BCUT2D eigenvalue weighted by Gasteiger charge is 2.16. The van der Waals surface area contributed by atoms with Gasteiger partial charge in [0.2, 0.25) is 0 Å². The molecule has 0 saturated heterocycles. The van der Waals surface area contributed by atoms with Crippen LogP contribution in [0.5, 0.6) is 0 Å². The molecule has 104 valence electrons. The third-order valence-corrected chi connectivity index (χ3v) is 3.35. The molecule has 2 aromatic rings. The molecule has 2 rings (SSSR count). The first-order valence-electron chi connectivity index (χ1n) is 6.63. The summed E-state index contributed by atoms with van der Waals surface area (Å²) >= 11 is 0. The Morgan fingerprint density at radius 3 is 2.65 bits per heavy atom. The lowest BCUT2D eigenvalue weighted by atomic mass is 10.1. The van der Waals surface area contributed by atoms with Crippen LogP contribution in [0.4, 0.5) is 4.79 Å². The second-order valence-electron chi connectivity index (χ2n) is 4.72. The first-order chi connectivity index (χ1) is 9.68. The summed E-state index contributed by atoms with van der Waals surface area (Å²) in [5.41, 5.74) is 2.10. The standard InChI is InChI=1S/C16H19N3O/c1-13(15-8-4-3-5-9-15)19(2)16(20)18-12-14-7-6-10-17-11-14/h3-11,13H,12H2,1-2H3,(H,18,20)/t13-/m0/s1. The molecule has 0 aliphatic heterocycles. The predicted molar refractivity (Wildman–Crippen MR) is 79.1 cm³/mol. The summed E-state index contributed by atoms with van der Waals surface area (Å²) in [7, 11) is 1.80. The maximum Gasteiger partial charge on any atom is 0.317 e. The van der Waals surface area contributed by atoms with Crippen molar-refractivity contribution in [2.24, 2.45) is 0 Å². The van der Waals surface area contributed by atoms with Crippen molar-refractivity contribution in [2.75, 3.05) is 7.05 Å². The van der Waals surface area contributed by atoms with Crippen LogP contribution in [-0.2, 0) is 6.54 Å². The number of aromatic nitrogens is 1. The Balaban J connectivity index is 1.92. The summed E-state index contributed by atoms with van der Waals surface area (Å²) in [5.74, 6) is 0. The maximum atomic E-state index is 12.1. The molecule has 0 spiro atoms. The van der Waals surface area contributed by atoms with Gasteiger partial charge >= 0.3 is 6.03 Å². The van der Waals surface area contributed by atoms with Crippen LogP contribution in [0, 0.1) is 0 Å². The number of amides is 2. The minimum absolute atomic E-state index is 0.0325. The van der Waals surface area contributed by atoms with Crippen molar-refractivity contribution in [3.8, 4) is 0 Å². The summed E-state index contributed by atoms with van der Waals surface area (Å²) in [5, 5.41) is 2.90. The Hall–Kier alpha value is -2.36. The van der Waals surface area contributed by atoms with E-state index in [9.17, 15) is 4.79 Å². The summed E-state index contributed by atoms with van der Waals surface area (Å²) in [6.45, 7) is 2.50. The highest BCUT2D eigenvalue weighted by Crippen LogP contribution is 2.17. The van der Waals surface area contributed by atoms with E-state index in [0.29, 0.717) is 6.54 Å². The minimum Gasteiger partial charge on any atom is -0.334 e. The van der Waals surface area contributed by atoms with E-state index in [4.69, 9.17) is 0 Å². The average molecular weight is 269 g/mol. The number of rotatable bonds is 4. The second kappa shape index (κ2) is 6.70. The predicted octanol–water partition coefficient (Wildman–Crippen LogP) is 2.98. The summed E-state index contributed by atoms with van der Waals surface area (Å²) in [6, 6.07) is 13.7. The molecule has 20 heavy (non-hydrogen) atoms. The van der Waals surface area contributed by atoms with Crippen molar-refractivity contribution in [2.45, 2.75) is 19.5 Å². The van der Waals surface area contributed by atoms with Crippen molar-refractivity contribution < 1.29 is 4.79 Å². The lowest BCUT2D eigenvalue weighted by molar-refractivity contribution is 0.194. The van der Waals surface area contributed by atoms with E-state index in [2.05, 4.69) is 10.3 Å². The molecule has 0 aliphatic carbocycles. The molecular weight excluding hydrogens is 250 g/mol. The van der Waals surface area contributed by atoms with Gasteiger partial charge in [-0.15, -0.1) is 0 Å². The SMILES string of the molecule is C[C@@H](c1ccccc1)N(C)C(=O)NCc1cccnc1. The number of pyridine rings is 1. The average Bonchev–Trinajstić information content (AvgIpc) is 2.53. The van der Waals surface area contributed by atoms with E-state index >= 15 is 0 Å². The highest BCUT2D eigenvalue weighted by atomic mass is 16.2. The van der Waals surface area contributed by atoms with Crippen LogP contribution in [0.15, 0.2) is 54.9 Å². The van der Waals surface area contributed by atoms with Crippen LogP contribution in [0.25, 0.3) is 0 Å². The lowest BCUT2D eigenvalue weighted by Crippen LogP contribution is -2.38. The first kappa shape index (κ1) is 14.1. The number of carbonyl (C=O) groups is 1. The Morgan fingerprint density at radius 2 is 2.00 bits per heavy atom. The Labute approximate surface area is 119 Å². The normalized spacial score (nSPS) is 11.7. The van der Waals surface area contributed by atoms with Crippen LogP contribution in [0.3, 0.4) is 0 Å². The van der Waals surface area contributed by atoms with E-state index in [1.54, 1.807) is 24.3 Å². The Kier molecular flexibility index (Phi) is 4.71. The maximum absolute atomic E-state index is 12.1. The van der Waals surface area contributed by atoms with Gasteiger partial charge in [-0.05, 0) is 24.1 Å². The van der Waals surface area contributed by atoms with Crippen LogP contribution in [0.2, 0.25) is 0 Å². The largest absolute Gasteiger partial charge is 0.334 e. The van der Waals surface area contributed by atoms with Crippen molar-refractivity contribution in [3.05, 3.63) is 66.0 Å². The second-order valence-corrected chi connectivity index (χ2v) is 4.72. The number of hydrogen-bond donors (Lipinski definition) is 1. The van der Waals surface area contributed by atoms with Gasteiger partial charge in [0.15, 0.2) is 0 Å². The molecule has 4 nitrogen and oxygen atoms in total. The fraction of sp³-hybridized carbons (Fsp3) is 0.250. The zero-order chi connectivity index (χ0) is 14.4. The first-order valence-corrected chi connectivity index (χ1v) is 6.63. The molecule has 1 aromatic carbocycles. The summed E-state index contributed by atoms with van der Waals surface area (Å²) in [6.07, 6.45) is 3.47. The Morgan fingerprint density at radius 1 is 1.25 bits per heavy atom. The van der Waals surface area contributed by atoms with E-state index in [-0.39, 0.29) is 12.1 Å². The zero-order valence-electron chi connectivity index (χ0n) is 11.8. The van der Waals surface area contributed by atoms with Gasteiger partial charge in [0.1, 0.15) is 0 Å². The van der Waals surface area contributed by atoms with Gasteiger partial charge in [-0.1, -0.05) is 36.4 Å². The molecule has 0 saturated carbocycles. The van der Waals surface area contributed by atoms with Crippen LogP contribution < -0.4 is 5.32 Å². The molecule has 1 aromatic heterocycles. The number of urea groups is 1. The van der Waals surface area contributed by atoms with Gasteiger partial charge < -0.3 is 10.2 Å². The highest BCUT2D eigenvalue weighted by molar-refractivity contribution is 5.74. The van der Waals surface area contributed by atoms with E-state index in [1.807, 2.05) is 49.4 Å². The zero-order valence-corrected chi connectivity index (χ0v) is 11.8. The van der Waals surface area contributed by atoms with Crippen molar-refractivity contribution in [3.63, 3.8) is 0 Å². The summed E-state index contributed by atoms with van der Waals surface area (Å²) in [4.78, 5) is 17.9. The van der Waals surface area contributed by atoms with Crippen molar-refractivity contribution in [1.29, 1.82) is 0 Å². The van der Waals surface area contributed by atoms with Gasteiger partial charge in [-0.3, -0.25) is 4.98 Å². The smallest absolute Gasteiger partial charge is 0.317 e. The third-order valence-electron chi connectivity index (χ3n) is 3.35. The molecule has 4 heteroatoms. The van der Waals surface area contributed by atoms with E-state index < -0.39 is 0 Å². The molecule has 0 radical (unpaired) electrons. The molecule has 0 unspecified atom stereocenters. The van der Waals surface area contributed by atoms with Crippen LogP contribution in [-0.4, -0.2) is 23.0 Å². The topological polar surface area (TPSA) is 45.2 Å². The molecule has 0 bridgehead atoms. The number of benzene rings is 1. The van der Waals surface area contributed by atoms with Gasteiger partial charge in [0, 0.05) is 26.0 Å². The molecule has 0 fully saturated rings. The van der Waals surface area contributed by atoms with Crippen molar-refractivity contribution in [1.82, 2.24) is 15.2 Å². The van der Waals surface area contributed by atoms with Gasteiger partial charge in [-0.2, -0.15) is 0 Å². The monoisotopic (exact) mass is 269 g/mol. The molecule has 1 atom stereocenters. The van der Waals surface area contributed by atoms with Crippen LogP contribution >= 0.6 is 0 Å². The molecule has 1 N–H and O–H groups in total. The number of carbonyl (C=O) groups excluding carboxylic acids is 1. The summed E-state index contributed by atoms with van der Waals surface area (Å²) < 4.78 is 0. The molecule has 1 heterocycles. The number of nitrogens with zero attached hydrogens (tertiary/aromatic N) is 2. The third kappa shape index (κ3) is 3.57. The van der Waals surface area contributed by atoms with Crippen molar-refractivity contribution >= 4 is 6.03 Å². The quantitative estimate of drug-likeness (QED) is 0.927. The molecular formula is C16H19N3O. The fourth-order valence-corrected chi connectivity index (χ4v) is 1.94. The van der Waals surface area contributed by atoms with E-state index in [0.717, 1.165) is 11.1 Å². The molecule has 2 amide bonds. The number of nitrogens with one attached hydrogen (secondary N) is 1. The Bertz CT molecular complexity index is 542. The van der Waals surface area contributed by atoms with Gasteiger partial charge in [0.05, 0.1) is 6.04 Å².